The topological polar surface area (TPSA) is 55.1 Å². The summed E-state index contributed by atoms with van der Waals surface area (Å²) in [5.74, 6) is 0.717. The Kier molecular flexibility index (Phi) is 6.83. The number of nitrogens with two attached hydrogens (primary N) is 1. The summed E-state index contributed by atoms with van der Waals surface area (Å²) < 4.78 is 0. The quantitative estimate of drug-likeness (QED) is 0.878. The summed E-state index contributed by atoms with van der Waals surface area (Å²) in [5, 5.41) is 3.06. The first kappa shape index (κ1) is 16.5. The van der Waals surface area contributed by atoms with Crippen molar-refractivity contribution in [3.8, 4) is 0 Å². The summed E-state index contributed by atoms with van der Waals surface area (Å²) in [6.07, 6.45) is 4.31. The van der Waals surface area contributed by atoms with E-state index in [-0.39, 0.29) is 24.2 Å². The summed E-state index contributed by atoms with van der Waals surface area (Å²) >= 11 is 1.78. The number of aryl methyl sites for hydroxylation is 1. The van der Waals surface area contributed by atoms with Gasteiger partial charge in [0.15, 0.2) is 0 Å². The summed E-state index contributed by atoms with van der Waals surface area (Å²) in [7, 11) is 0. The molecule has 0 bridgehead atoms. The number of hydrogen-bond donors (Lipinski definition) is 2. The Bertz CT molecular complexity index is 408. The van der Waals surface area contributed by atoms with Gasteiger partial charge in [0.05, 0.1) is 6.54 Å². The van der Waals surface area contributed by atoms with E-state index in [0.717, 1.165) is 25.7 Å². The highest BCUT2D eigenvalue weighted by Gasteiger charge is 2.31. The van der Waals surface area contributed by atoms with Gasteiger partial charge in [-0.3, -0.25) is 4.79 Å². The minimum absolute atomic E-state index is 0. The zero-order valence-electron chi connectivity index (χ0n) is 11.4. The Hall–Kier alpha value is -0.580. The molecule has 0 unspecified atom stereocenters. The van der Waals surface area contributed by atoms with Crippen LogP contribution in [0.25, 0.3) is 0 Å². The number of rotatable bonds is 5. The van der Waals surface area contributed by atoms with E-state index in [0.29, 0.717) is 19.0 Å². The van der Waals surface area contributed by atoms with Crippen LogP contribution in [-0.4, -0.2) is 12.5 Å². The van der Waals surface area contributed by atoms with E-state index in [9.17, 15) is 4.79 Å². The maximum absolute atomic E-state index is 12.1. The van der Waals surface area contributed by atoms with Crippen LogP contribution in [-0.2, 0) is 17.8 Å². The third kappa shape index (κ3) is 4.20. The van der Waals surface area contributed by atoms with Crippen molar-refractivity contribution >= 4 is 29.7 Å². The van der Waals surface area contributed by atoms with Gasteiger partial charge in [0.25, 0.3) is 0 Å². The zero-order valence-corrected chi connectivity index (χ0v) is 13.0. The first-order chi connectivity index (χ1) is 8.74. The highest BCUT2D eigenvalue weighted by Crippen LogP contribution is 2.31. The maximum Gasteiger partial charge on any atom is 0.223 e. The smallest absolute Gasteiger partial charge is 0.223 e. The van der Waals surface area contributed by atoms with E-state index < -0.39 is 0 Å². The van der Waals surface area contributed by atoms with Gasteiger partial charge in [-0.05, 0) is 43.9 Å². The highest BCUT2D eigenvalue weighted by molar-refractivity contribution is 7.11. The van der Waals surface area contributed by atoms with Crippen LogP contribution in [0, 0.1) is 11.8 Å². The third-order valence-corrected chi connectivity index (χ3v) is 5.03. The average Bonchev–Trinajstić information content (AvgIpc) is 3.04. The number of thiophene rings is 1. The van der Waals surface area contributed by atoms with Gasteiger partial charge in [-0.2, -0.15) is 0 Å². The van der Waals surface area contributed by atoms with Crippen molar-refractivity contribution < 1.29 is 4.79 Å². The van der Waals surface area contributed by atoms with Crippen LogP contribution in [0.2, 0.25) is 0 Å². The average molecular weight is 303 g/mol. The minimum atomic E-state index is 0. The lowest BCUT2D eigenvalue weighted by atomic mass is 9.95. The second-order valence-corrected chi connectivity index (χ2v) is 6.23. The molecule has 2 atom stereocenters. The standard InChI is InChI=1S/C14H22N2OS.ClH/c1-2-11-6-7-12(18-11)9-16-14(17)13-5-3-4-10(13)8-15;/h6-7,10,13H,2-5,8-9,15H2,1H3,(H,16,17);1H/t10-,13-;/m1./s1. The number of carbonyl (C=O) groups is 1. The number of halogens is 1. The van der Waals surface area contributed by atoms with Gasteiger partial charge in [-0.25, -0.2) is 0 Å². The first-order valence-electron chi connectivity index (χ1n) is 6.80. The second kappa shape index (κ2) is 7.88. The van der Waals surface area contributed by atoms with Crippen LogP contribution in [0.15, 0.2) is 12.1 Å². The molecule has 1 fully saturated rings. The van der Waals surface area contributed by atoms with Gasteiger partial charge in [0.1, 0.15) is 0 Å². The molecule has 3 N–H and O–H groups in total. The molecule has 1 amide bonds. The molecule has 1 aromatic rings. The lowest BCUT2D eigenvalue weighted by Crippen LogP contribution is -2.34. The molecule has 108 valence electrons. The van der Waals surface area contributed by atoms with E-state index in [1.54, 1.807) is 11.3 Å². The molecule has 1 saturated carbocycles. The molecule has 0 saturated heterocycles. The highest BCUT2D eigenvalue weighted by atomic mass is 35.5. The molecule has 1 heterocycles. The molecule has 19 heavy (non-hydrogen) atoms. The summed E-state index contributed by atoms with van der Waals surface area (Å²) in [6, 6.07) is 4.25. The van der Waals surface area contributed by atoms with Crippen LogP contribution in [0.4, 0.5) is 0 Å². The molecule has 0 spiro atoms. The van der Waals surface area contributed by atoms with Gasteiger partial charge >= 0.3 is 0 Å². The Balaban J connectivity index is 0.00000180. The van der Waals surface area contributed by atoms with Crippen molar-refractivity contribution in [2.75, 3.05) is 6.54 Å². The molecule has 0 radical (unpaired) electrons. The Morgan fingerprint density at radius 2 is 2.16 bits per heavy atom. The lowest BCUT2D eigenvalue weighted by Gasteiger charge is -2.16. The first-order valence-corrected chi connectivity index (χ1v) is 7.61. The summed E-state index contributed by atoms with van der Waals surface area (Å²) in [6.45, 7) is 3.45. The predicted molar refractivity (Wildman–Crippen MR) is 82.7 cm³/mol. The van der Waals surface area contributed by atoms with E-state index >= 15 is 0 Å². The minimum Gasteiger partial charge on any atom is -0.351 e. The van der Waals surface area contributed by atoms with Gasteiger partial charge in [0.2, 0.25) is 5.91 Å². The SMILES string of the molecule is CCc1ccc(CNC(=O)[C@@H]2CCC[C@@H]2CN)s1.Cl. The molecule has 1 aliphatic rings. The fraction of sp³-hybridized carbons (Fsp3) is 0.643. The molecule has 2 rings (SSSR count). The Labute approximate surface area is 125 Å². The molecule has 5 heteroatoms. The summed E-state index contributed by atoms with van der Waals surface area (Å²) in [4.78, 5) is 14.7. The van der Waals surface area contributed by atoms with Crippen molar-refractivity contribution in [2.45, 2.75) is 39.2 Å². The monoisotopic (exact) mass is 302 g/mol. The van der Waals surface area contributed by atoms with Crippen LogP contribution in [0.1, 0.15) is 35.9 Å². The van der Waals surface area contributed by atoms with E-state index in [2.05, 4.69) is 24.4 Å². The van der Waals surface area contributed by atoms with Crippen LogP contribution in [0.3, 0.4) is 0 Å². The molecule has 0 aliphatic heterocycles. The summed E-state index contributed by atoms with van der Waals surface area (Å²) in [5.41, 5.74) is 5.71. The van der Waals surface area contributed by atoms with Crippen molar-refractivity contribution in [1.82, 2.24) is 5.32 Å². The van der Waals surface area contributed by atoms with Gasteiger partial charge < -0.3 is 11.1 Å². The van der Waals surface area contributed by atoms with Crippen LogP contribution in [0.5, 0.6) is 0 Å². The van der Waals surface area contributed by atoms with Crippen molar-refractivity contribution in [3.05, 3.63) is 21.9 Å². The number of nitrogens with one attached hydrogen (secondary N) is 1. The maximum atomic E-state index is 12.1. The van der Waals surface area contributed by atoms with E-state index in [4.69, 9.17) is 5.73 Å². The Morgan fingerprint density at radius 3 is 2.79 bits per heavy atom. The van der Waals surface area contributed by atoms with Gasteiger partial charge in [-0.15, -0.1) is 23.7 Å². The van der Waals surface area contributed by atoms with E-state index in [1.807, 2.05) is 0 Å². The van der Waals surface area contributed by atoms with Crippen molar-refractivity contribution in [2.24, 2.45) is 17.6 Å². The molecule has 1 aliphatic carbocycles. The fourth-order valence-electron chi connectivity index (χ4n) is 2.68. The molecule has 1 aromatic heterocycles. The van der Waals surface area contributed by atoms with Crippen molar-refractivity contribution in [1.29, 1.82) is 0 Å². The Morgan fingerprint density at radius 1 is 1.42 bits per heavy atom. The van der Waals surface area contributed by atoms with Crippen molar-refractivity contribution in [3.63, 3.8) is 0 Å². The largest absolute Gasteiger partial charge is 0.351 e. The normalized spacial score (nSPS) is 22.0. The number of hydrogen-bond acceptors (Lipinski definition) is 3. The van der Waals surface area contributed by atoms with Crippen LogP contribution >= 0.6 is 23.7 Å². The predicted octanol–water partition coefficient (Wildman–Crippen LogP) is 2.72. The third-order valence-electron chi connectivity index (χ3n) is 3.80. The zero-order chi connectivity index (χ0) is 13.0. The molecule has 0 aromatic carbocycles. The number of carbonyl (C=O) groups excluding carboxylic acids is 1. The van der Waals surface area contributed by atoms with Crippen LogP contribution < -0.4 is 11.1 Å². The second-order valence-electron chi connectivity index (χ2n) is 4.97. The molecular formula is C14H23ClN2OS. The van der Waals surface area contributed by atoms with E-state index in [1.165, 1.54) is 9.75 Å². The number of amides is 1. The van der Waals surface area contributed by atoms with Gasteiger partial charge in [-0.1, -0.05) is 13.3 Å². The fourth-order valence-corrected chi connectivity index (χ4v) is 3.57. The molecule has 3 nitrogen and oxygen atoms in total. The molecular weight excluding hydrogens is 280 g/mol. The lowest BCUT2D eigenvalue weighted by molar-refractivity contribution is -0.126. The van der Waals surface area contributed by atoms with Gasteiger partial charge in [0, 0.05) is 15.7 Å².